The Labute approximate surface area is 111 Å². The molecule has 0 aliphatic carbocycles. The van der Waals surface area contributed by atoms with E-state index < -0.39 is 10.1 Å². The van der Waals surface area contributed by atoms with Crippen LogP contribution in [-0.2, 0) is 14.3 Å². The van der Waals surface area contributed by atoms with E-state index in [1.165, 1.54) is 12.1 Å². The molecule has 0 heterocycles. The van der Waals surface area contributed by atoms with Crippen molar-refractivity contribution in [1.82, 2.24) is 0 Å². The van der Waals surface area contributed by atoms with Crippen molar-refractivity contribution in [1.29, 1.82) is 0 Å². The largest absolute Gasteiger partial charge is 0.297 e. The first-order valence-electron chi connectivity index (χ1n) is 5.50. The molecule has 3 nitrogen and oxygen atoms in total. The van der Waals surface area contributed by atoms with Gasteiger partial charge < -0.3 is 0 Å². The second kappa shape index (κ2) is 5.98. The Morgan fingerprint density at radius 1 is 1.18 bits per heavy atom. The molecule has 1 rings (SSSR count). The van der Waals surface area contributed by atoms with Crippen molar-refractivity contribution in [2.24, 2.45) is 5.92 Å². The SMILES string of the molecule is CC(C)CC(C)OS(=O)(=O)c1ccc(Br)cc1. The Hall–Kier alpha value is -0.390. The fraction of sp³-hybridized carbons (Fsp3) is 0.500. The Morgan fingerprint density at radius 3 is 2.18 bits per heavy atom. The molecule has 0 spiro atoms. The molecule has 0 aromatic heterocycles. The first kappa shape index (κ1) is 14.7. The van der Waals surface area contributed by atoms with E-state index in [0.717, 1.165) is 10.9 Å². The van der Waals surface area contributed by atoms with Crippen LogP contribution in [0.4, 0.5) is 0 Å². The normalized spacial score (nSPS) is 13.9. The molecule has 0 aliphatic heterocycles. The first-order valence-corrected chi connectivity index (χ1v) is 7.70. The number of rotatable bonds is 5. The van der Waals surface area contributed by atoms with Crippen molar-refractivity contribution in [3.05, 3.63) is 28.7 Å². The van der Waals surface area contributed by atoms with Crippen molar-refractivity contribution < 1.29 is 12.6 Å². The van der Waals surface area contributed by atoms with Crippen LogP contribution in [0.2, 0.25) is 0 Å². The molecule has 17 heavy (non-hydrogen) atoms. The average Bonchev–Trinajstić information content (AvgIpc) is 2.15. The van der Waals surface area contributed by atoms with E-state index in [0.29, 0.717) is 5.92 Å². The minimum Gasteiger partial charge on any atom is -0.263 e. The van der Waals surface area contributed by atoms with Crippen LogP contribution >= 0.6 is 15.9 Å². The maximum atomic E-state index is 11.9. The molecule has 1 atom stereocenters. The minimum absolute atomic E-state index is 0.191. The first-order chi connectivity index (χ1) is 7.81. The van der Waals surface area contributed by atoms with Gasteiger partial charge in [-0.25, -0.2) is 0 Å². The Kier molecular flexibility index (Phi) is 5.16. The monoisotopic (exact) mass is 320 g/mol. The highest BCUT2D eigenvalue weighted by molar-refractivity contribution is 9.10. The van der Waals surface area contributed by atoms with Gasteiger partial charge in [-0.1, -0.05) is 29.8 Å². The summed E-state index contributed by atoms with van der Waals surface area (Å²) in [4.78, 5) is 0.191. The molecule has 0 saturated carbocycles. The van der Waals surface area contributed by atoms with Crippen LogP contribution in [0.3, 0.4) is 0 Å². The molecule has 96 valence electrons. The molecular weight excluding hydrogens is 304 g/mol. The Balaban J connectivity index is 2.78. The molecule has 1 unspecified atom stereocenters. The maximum absolute atomic E-state index is 11.9. The van der Waals surface area contributed by atoms with Crippen molar-refractivity contribution in [3.8, 4) is 0 Å². The van der Waals surface area contributed by atoms with E-state index >= 15 is 0 Å². The number of halogens is 1. The van der Waals surface area contributed by atoms with Gasteiger partial charge in [0.2, 0.25) is 0 Å². The summed E-state index contributed by atoms with van der Waals surface area (Å²) >= 11 is 3.26. The highest BCUT2D eigenvalue weighted by Crippen LogP contribution is 2.19. The Morgan fingerprint density at radius 2 is 1.71 bits per heavy atom. The van der Waals surface area contributed by atoms with Crippen LogP contribution in [0.25, 0.3) is 0 Å². The van der Waals surface area contributed by atoms with Crippen LogP contribution in [0.5, 0.6) is 0 Å². The van der Waals surface area contributed by atoms with Crippen LogP contribution in [0.1, 0.15) is 27.2 Å². The van der Waals surface area contributed by atoms with Crippen LogP contribution in [0, 0.1) is 5.92 Å². The third-order valence-corrected chi connectivity index (χ3v) is 4.16. The molecular formula is C12H17BrO3S. The van der Waals surface area contributed by atoms with E-state index in [-0.39, 0.29) is 11.0 Å². The lowest BCUT2D eigenvalue weighted by atomic mass is 10.1. The fourth-order valence-electron chi connectivity index (χ4n) is 1.58. The van der Waals surface area contributed by atoms with Crippen LogP contribution < -0.4 is 0 Å². The zero-order valence-corrected chi connectivity index (χ0v) is 12.6. The standard InChI is InChI=1S/C12H17BrO3S/c1-9(2)8-10(3)16-17(14,15)12-6-4-11(13)5-7-12/h4-7,9-10H,8H2,1-3H3. The highest BCUT2D eigenvalue weighted by atomic mass is 79.9. The molecule has 0 aliphatic rings. The molecule has 0 amide bonds. The van der Waals surface area contributed by atoms with Crippen molar-refractivity contribution in [2.75, 3.05) is 0 Å². The lowest BCUT2D eigenvalue weighted by Crippen LogP contribution is -2.17. The summed E-state index contributed by atoms with van der Waals surface area (Å²) < 4.78 is 29.8. The topological polar surface area (TPSA) is 43.4 Å². The number of benzene rings is 1. The quantitative estimate of drug-likeness (QED) is 0.779. The minimum atomic E-state index is -3.64. The lowest BCUT2D eigenvalue weighted by Gasteiger charge is -2.14. The summed E-state index contributed by atoms with van der Waals surface area (Å²) in [6, 6.07) is 6.43. The van der Waals surface area contributed by atoms with Crippen molar-refractivity contribution >= 4 is 26.0 Å². The molecule has 0 N–H and O–H groups in total. The maximum Gasteiger partial charge on any atom is 0.297 e. The van der Waals surface area contributed by atoms with Gasteiger partial charge in [-0.15, -0.1) is 0 Å². The zero-order valence-electron chi connectivity index (χ0n) is 10.2. The predicted octanol–water partition coefficient (Wildman–Crippen LogP) is 3.59. The van der Waals surface area contributed by atoms with E-state index in [1.54, 1.807) is 19.1 Å². The van der Waals surface area contributed by atoms with Gasteiger partial charge in [-0.05, 0) is 43.5 Å². The summed E-state index contributed by atoms with van der Waals surface area (Å²) in [6.45, 7) is 5.84. The Bertz CT molecular complexity index is 451. The van der Waals surface area contributed by atoms with E-state index in [9.17, 15) is 8.42 Å². The van der Waals surface area contributed by atoms with Gasteiger partial charge >= 0.3 is 0 Å². The van der Waals surface area contributed by atoms with Gasteiger partial charge in [0.15, 0.2) is 0 Å². The molecule has 0 saturated heterocycles. The van der Waals surface area contributed by atoms with Gasteiger partial charge in [-0.3, -0.25) is 4.18 Å². The van der Waals surface area contributed by atoms with E-state index in [1.807, 2.05) is 13.8 Å². The fourth-order valence-corrected chi connectivity index (χ4v) is 2.93. The third-order valence-electron chi connectivity index (χ3n) is 2.20. The second-order valence-electron chi connectivity index (χ2n) is 4.44. The molecule has 0 bridgehead atoms. The molecule has 5 heteroatoms. The molecule has 0 radical (unpaired) electrons. The summed E-state index contributed by atoms with van der Waals surface area (Å²) in [5, 5.41) is 0. The van der Waals surface area contributed by atoms with E-state index in [2.05, 4.69) is 15.9 Å². The van der Waals surface area contributed by atoms with Gasteiger partial charge in [0, 0.05) is 4.47 Å². The zero-order chi connectivity index (χ0) is 13.1. The van der Waals surface area contributed by atoms with Crippen LogP contribution in [-0.4, -0.2) is 14.5 Å². The summed E-state index contributed by atoms with van der Waals surface area (Å²) in [5.74, 6) is 0.408. The summed E-state index contributed by atoms with van der Waals surface area (Å²) in [6.07, 6.45) is 0.416. The smallest absolute Gasteiger partial charge is 0.263 e. The highest BCUT2D eigenvalue weighted by Gasteiger charge is 2.19. The average molecular weight is 321 g/mol. The van der Waals surface area contributed by atoms with Gasteiger partial charge in [0.1, 0.15) is 0 Å². The predicted molar refractivity (Wildman–Crippen MR) is 71.3 cm³/mol. The lowest BCUT2D eigenvalue weighted by molar-refractivity contribution is 0.200. The summed E-state index contributed by atoms with van der Waals surface area (Å²) in [7, 11) is -3.64. The van der Waals surface area contributed by atoms with E-state index in [4.69, 9.17) is 4.18 Å². The van der Waals surface area contributed by atoms with Crippen molar-refractivity contribution in [3.63, 3.8) is 0 Å². The van der Waals surface area contributed by atoms with Gasteiger partial charge in [-0.2, -0.15) is 8.42 Å². The van der Waals surface area contributed by atoms with Gasteiger partial charge in [0.25, 0.3) is 10.1 Å². The van der Waals surface area contributed by atoms with Crippen molar-refractivity contribution in [2.45, 2.75) is 38.2 Å². The number of hydrogen-bond donors (Lipinski definition) is 0. The third kappa shape index (κ3) is 4.77. The number of hydrogen-bond acceptors (Lipinski definition) is 3. The molecule has 0 fully saturated rings. The molecule has 1 aromatic rings. The molecule has 1 aromatic carbocycles. The summed E-state index contributed by atoms with van der Waals surface area (Å²) in [5.41, 5.74) is 0. The second-order valence-corrected chi connectivity index (χ2v) is 6.93. The van der Waals surface area contributed by atoms with Gasteiger partial charge in [0.05, 0.1) is 11.0 Å². The van der Waals surface area contributed by atoms with Crippen LogP contribution in [0.15, 0.2) is 33.6 Å².